The van der Waals surface area contributed by atoms with Crippen molar-refractivity contribution in [3.05, 3.63) is 26.9 Å². The molecule has 1 aromatic heterocycles. The fourth-order valence-electron chi connectivity index (χ4n) is 1.12. The lowest BCUT2D eigenvalue weighted by molar-refractivity contribution is -0.119. The lowest BCUT2D eigenvalue weighted by Gasteiger charge is -1.99. The number of primary amides is 1. The number of hydrogen-bond acceptors (Lipinski definition) is 3. The number of carbonyl (C=O) groups is 2. The highest BCUT2D eigenvalue weighted by molar-refractivity contribution is 9.11. The Balaban J connectivity index is 2.25. The summed E-state index contributed by atoms with van der Waals surface area (Å²) in [4.78, 5) is 21.8. The summed E-state index contributed by atoms with van der Waals surface area (Å²) in [7, 11) is 0. The van der Waals surface area contributed by atoms with Gasteiger partial charge in [0.15, 0.2) is 0 Å². The third-order valence-corrected chi connectivity index (χ3v) is 3.44. The Kier molecular flexibility index (Phi) is 5.93. The molecule has 0 radical (unpaired) electrons. The smallest absolute Gasteiger partial charge is 0.243 e. The summed E-state index contributed by atoms with van der Waals surface area (Å²) < 4.78 is 1.03. The Morgan fingerprint density at radius 2 is 2.29 bits per heavy atom. The molecule has 92 valence electrons. The zero-order chi connectivity index (χ0) is 12.7. The summed E-state index contributed by atoms with van der Waals surface area (Å²) in [5.41, 5.74) is 5.96. The van der Waals surface area contributed by atoms with Crippen molar-refractivity contribution in [1.29, 1.82) is 0 Å². The Bertz CT molecular complexity index is 429. The number of nitrogens with two attached hydrogens (primary N) is 1. The molecule has 1 aromatic rings. The Morgan fingerprint density at radius 1 is 1.53 bits per heavy atom. The van der Waals surface area contributed by atoms with E-state index in [1.807, 2.05) is 11.4 Å². The first-order valence-electron chi connectivity index (χ1n) is 5.06. The molecule has 1 heterocycles. The largest absolute Gasteiger partial charge is 0.370 e. The van der Waals surface area contributed by atoms with Gasteiger partial charge in [-0.05, 0) is 45.4 Å². The molecule has 1 rings (SSSR count). The van der Waals surface area contributed by atoms with Crippen molar-refractivity contribution < 1.29 is 9.59 Å². The maximum Gasteiger partial charge on any atom is 0.243 e. The van der Waals surface area contributed by atoms with Gasteiger partial charge in [-0.3, -0.25) is 9.59 Å². The molecule has 0 bridgehead atoms. The number of thiophene rings is 1. The van der Waals surface area contributed by atoms with Crippen LogP contribution in [0.1, 0.15) is 18.4 Å². The molecule has 4 nitrogen and oxygen atoms in total. The van der Waals surface area contributed by atoms with Gasteiger partial charge in [-0.1, -0.05) is 0 Å². The number of halogens is 1. The predicted molar refractivity (Wildman–Crippen MR) is 72.5 cm³/mol. The van der Waals surface area contributed by atoms with Crippen LogP contribution in [-0.4, -0.2) is 18.4 Å². The molecule has 0 spiro atoms. The molecule has 3 N–H and O–H groups in total. The molecule has 0 aliphatic heterocycles. The number of rotatable bonds is 6. The van der Waals surface area contributed by atoms with Crippen LogP contribution < -0.4 is 11.1 Å². The SMILES string of the molecule is NC(=O)CCCNC(=O)/C=C\c1csc(Br)c1. The first-order valence-corrected chi connectivity index (χ1v) is 6.73. The zero-order valence-corrected chi connectivity index (χ0v) is 11.5. The molecular weight excluding hydrogens is 304 g/mol. The summed E-state index contributed by atoms with van der Waals surface area (Å²) in [5.74, 6) is -0.519. The molecule has 0 saturated heterocycles. The quantitative estimate of drug-likeness (QED) is 0.621. The Morgan fingerprint density at radius 3 is 2.88 bits per heavy atom. The van der Waals surface area contributed by atoms with Crippen LogP contribution in [0.15, 0.2) is 21.3 Å². The van der Waals surface area contributed by atoms with Gasteiger partial charge in [0.2, 0.25) is 11.8 Å². The van der Waals surface area contributed by atoms with E-state index in [2.05, 4.69) is 21.2 Å². The fourth-order valence-corrected chi connectivity index (χ4v) is 2.26. The van der Waals surface area contributed by atoms with E-state index in [9.17, 15) is 9.59 Å². The Labute approximate surface area is 112 Å². The van der Waals surface area contributed by atoms with Crippen LogP contribution >= 0.6 is 27.3 Å². The molecule has 2 amide bonds. The predicted octanol–water partition coefficient (Wildman–Crippen LogP) is 1.91. The van der Waals surface area contributed by atoms with Crippen LogP contribution in [0.2, 0.25) is 0 Å². The lowest BCUT2D eigenvalue weighted by Crippen LogP contribution is -2.23. The second kappa shape index (κ2) is 7.24. The summed E-state index contributed by atoms with van der Waals surface area (Å²) >= 11 is 4.91. The number of carbonyl (C=O) groups excluding carboxylic acids is 2. The van der Waals surface area contributed by atoms with Crippen molar-refractivity contribution in [2.75, 3.05) is 6.54 Å². The minimum absolute atomic E-state index is 0.170. The van der Waals surface area contributed by atoms with Crippen molar-refractivity contribution in [1.82, 2.24) is 5.32 Å². The highest BCUT2D eigenvalue weighted by Gasteiger charge is 1.98. The maximum atomic E-state index is 11.3. The second-order valence-electron chi connectivity index (χ2n) is 3.38. The van der Waals surface area contributed by atoms with E-state index in [4.69, 9.17) is 5.73 Å². The molecule has 0 fully saturated rings. The van der Waals surface area contributed by atoms with Crippen molar-refractivity contribution in [2.45, 2.75) is 12.8 Å². The van der Waals surface area contributed by atoms with E-state index in [1.165, 1.54) is 6.08 Å². The molecule has 0 aromatic carbocycles. The normalized spacial score (nSPS) is 10.6. The monoisotopic (exact) mass is 316 g/mol. The summed E-state index contributed by atoms with van der Waals surface area (Å²) in [6.07, 6.45) is 4.07. The molecule has 0 saturated carbocycles. The summed E-state index contributed by atoms with van der Waals surface area (Å²) in [6.45, 7) is 0.458. The topological polar surface area (TPSA) is 72.2 Å². The van der Waals surface area contributed by atoms with Crippen molar-refractivity contribution >= 4 is 45.2 Å². The van der Waals surface area contributed by atoms with Gasteiger partial charge >= 0.3 is 0 Å². The van der Waals surface area contributed by atoms with Gasteiger partial charge in [-0.25, -0.2) is 0 Å². The van der Waals surface area contributed by atoms with Crippen molar-refractivity contribution in [3.63, 3.8) is 0 Å². The second-order valence-corrected chi connectivity index (χ2v) is 5.67. The summed E-state index contributed by atoms with van der Waals surface area (Å²) in [5, 5.41) is 4.62. The number of hydrogen-bond donors (Lipinski definition) is 2. The molecule has 0 aliphatic rings. The van der Waals surface area contributed by atoms with Gasteiger partial charge in [0.25, 0.3) is 0 Å². The van der Waals surface area contributed by atoms with Crippen LogP contribution in [0.3, 0.4) is 0 Å². The highest BCUT2D eigenvalue weighted by atomic mass is 79.9. The fraction of sp³-hybridized carbons (Fsp3) is 0.273. The van der Waals surface area contributed by atoms with Gasteiger partial charge in [-0.2, -0.15) is 0 Å². The van der Waals surface area contributed by atoms with E-state index in [0.29, 0.717) is 19.4 Å². The average Bonchev–Trinajstić information content (AvgIpc) is 2.67. The maximum absolute atomic E-state index is 11.3. The van der Waals surface area contributed by atoms with Crippen LogP contribution in [0, 0.1) is 0 Å². The van der Waals surface area contributed by atoms with E-state index in [0.717, 1.165) is 9.35 Å². The minimum Gasteiger partial charge on any atom is -0.370 e. The van der Waals surface area contributed by atoms with Crippen molar-refractivity contribution in [2.24, 2.45) is 5.73 Å². The lowest BCUT2D eigenvalue weighted by atomic mass is 10.3. The Hall–Kier alpha value is -1.14. The van der Waals surface area contributed by atoms with Crippen molar-refractivity contribution in [3.8, 4) is 0 Å². The van der Waals surface area contributed by atoms with Gasteiger partial charge in [0.05, 0.1) is 3.79 Å². The van der Waals surface area contributed by atoms with Gasteiger partial charge in [0, 0.05) is 19.0 Å². The van der Waals surface area contributed by atoms with Crippen LogP contribution in [-0.2, 0) is 9.59 Å². The van der Waals surface area contributed by atoms with Gasteiger partial charge in [-0.15, -0.1) is 11.3 Å². The number of amides is 2. The highest BCUT2D eigenvalue weighted by Crippen LogP contribution is 2.21. The molecule has 0 unspecified atom stereocenters. The van der Waals surface area contributed by atoms with Crippen LogP contribution in [0.4, 0.5) is 0 Å². The molecule has 6 heteroatoms. The standard InChI is InChI=1S/C11H13BrN2O2S/c12-9-6-8(7-17-9)3-4-11(16)14-5-1-2-10(13)15/h3-4,6-7H,1-2,5H2,(H2,13,15)(H,14,16)/b4-3-. The first kappa shape index (κ1) is 13.9. The molecule has 0 aliphatic carbocycles. The molecule has 17 heavy (non-hydrogen) atoms. The molecule has 0 atom stereocenters. The zero-order valence-electron chi connectivity index (χ0n) is 9.11. The van der Waals surface area contributed by atoms with E-state index in [-0.39, 0.29) is 11.8 Å². The van der Waals surface area contributed by atoms with E-state index in [1.54, 1.807) is 17.4 Å². The summed E-state index contributed by atoms with van der Waals surface area (Å²) in [6, 6.07) is 1.93. The third-order valence-electron chi connectivity index (χ3n) is 1.91. The molecular formula is C11H13BrN2O2S. The minimum atomic E-state index is -0.349. The average molecular weight is 317 g/mol. The van der Waals surface area contributed by atoms with Gasteiger partial charge in [0.1, 0.15) is 0 Å². The van der Waals surface area contributed by atoms with E-state index < -0.39 is 0 Å². The van der Waals surface area contributed by atoms with E-state index >= 15 is 0 Å². The van der Waals surface area contributed by atoms with Gasteiger partial charge < -0.3 is 11.1 Å². The van der Waals surface area contributed by atoms with Crippen LogP contribution in [0.25, 0.3) is 6.08 Å². The third kappa shape index (κ3) is 6.23. The first-order chi connectivity index (χ1) is 8.08. The number of nitrogens with one attached hydrogen (secondary N) is 1. The van der Waals surface area contributed by atoms with Crippen LogP contribution in [0.5, 0.6) is 0 Å².